The minimum atomic E-state index is -0.970. The van der Waals surface area contributed by atoms with Crippen molar-refractivity contribution in [1.82, 2.24) is 0 Å². The zero-order chi connectivity index (χ0) is 9.14. The molecule has 0 aromatic carbocycles. The highest BCUT2D eigenvalue weighted by atomic mass is 16.8. The number of ether oxygens (including phenoxy) is 2. The van der Waals surface area contributed by atoms with E-state index in [4.69, 9.17) is 0 Å². The molecule has 66 valence electrons. The second-order valence-electron chi connectivity index (χ2n) is 1.85. The van der Waals surface area contributed by atoms with Gasteiger partial charge in [0.05, 0.1) is 7.11 Å². The molecule has 1 aromatic heterocycles. The van der Waals surface area contributed by atoms with Gasteiger partial charge in [0.2, 0.25) is 0 Å². The zero-order valence-corrected chi connectivity index (χ0v) is 6.45. The molecule has 0 saturated heterocycles. The highest BCUT2D eigenvalue weighted by molar-refractivity contribution is 5.62. The van der Waals surface area contributed by atoms with Crippen molar-refractivity contribution in [3.05, 3.63) is 16.4 Å². The molecule has 1 heterocycles. The normalized spacial score (nSPS) is 9.50. The van der Waals surface area contributed by atoms with Crippen LogP contribution in [0.1, 0.15) is 5.76 Å². The van der Waals surface area contributed by atoms with Crippen LogP contribution in [-0.4, -0.2) is 13.3 Å². The van der Waals surface area contributed by atoms with Gasteiger partial charge in [0.25, 0.3) is 0 Å². The topological polar surface area (TPSA) is 78.9 Å². The molecule has 1 aromatic rings. The Morgan fingerprint density at radius 1 is 1.42 bits per heavy atom. The quantitative estimate of drug-likeness (QED) is 0.582. The molecule has 0 aliphatic rings. The van der Waals surface area contributed by atoms with E-state index in [1.54, 1.807) is 0 Å². The van der Waals surface area contributed by atoms with Gasteiger partial charge in [-0.2, -0.15) is 0 Å². The Balaban J connectivity index is 2.82. The highest BCUT2D eigenvalue weighted by Crippen LogP contribution is 2.14. The SMILES string of the molecule is COC(=O)Oc1oc(=O)oc1C. The van der Waals surface area contributed by atoms with Crippen LogP contribution in [0.3, 0.4) is 0 Å². The predicted octanol–water partition coefficient (Wildman–Crippen LogP) is 0.686. The van der Waals surface area contributed by atoms with Crippen molar-refractivity contribution >= 4 is 6.16 Å². The van der Waals surface area contributed by atoms with E-state index in [1.807, 2.05) is 0 Å². The van der Waals surface area contributed by atoms with Crippen molar-refractivity contribution in [3.63, 3.8) is 0 Å². The molecule has 0 atom stereocenters. The van der Waals surface area contributed by atoms with Crippen molar-refractivity contribution in [3.8, 4) is 5.95 Å². The summed E-state index contributed by atoms with van der Waals surface area (Å²) < 4.78 is 17.3. The first-order chi connectivity index (χ1) is 5.63. The van der Waals surface area contributed by atoms with Crippen LogP contribution in [0.25, 0.3) is 0 Å². The van der Waals surface area contributed by atoms with Gasteiger partial charge in [0.15, 0.2) is 5.76 Å². The summed E-state index contributed by atoms with van der Waals surface area (Å²) in [5.74, 6) is -1.12. The largest absolute Gasteiger partial charge is 0.521 e. The van der Waals surface area contributed by atoms with Crippen LogP contribution >= 0.6 is 0 Å². The molecule has 0 radical (unpaired) electrons. The first-order valence-electron chi connectivity index (χ1n) is 3.00. The Hall–Kier alpha value is -1.72. The molecule has 0 spiro atoms. The van der Waals surface area contributed by atoms with E-state index in [9.17, 15) is 9.59 Å². The van der Waals surface area contributed by atoms with Crippen LogP contribution in [0, 0.1) is 6.92 Å². The number of hydrogen-bond donors (Lipinski definition) is 0. The summed E-state index contributed by atoms with van der Waals surface area (Å²) >= 11 is 0. The van der Waals surface area contributed by atoms with Gasteiger partial charge in [-0.3, -0.25) is 0 Å². The van der Waals surface area contributed by atoms with Gasteiger partial charge >= 0.3 is 17.9 Å². The van der Waals surface area contributed by atoms with Crippen LogP contribution in [0.5, 0.6) is 5.95 Å². The lowest BCUT2D eigenvalue weighted by Gasteiger charge is -1.95. The maximum Gasteiger partial charge on any atom is 0.521 e. The molecule has 6 heteroatoms. The van der Waals surface area contributed by atoms with Crippen LogP contribution in [0.2, 0.25) is 0 Å². The lowest BCUT2D eigenvalue weighted by atomic mass is 10.6. The molecular weight excluding hydrogens is 168 g/mol. The third kappa shape index (κ3) is 1.66. The Bertz CT molecular complexity index is 332. The van der Waals surface area contributed by atoms with Crippen molar-refractivity contribution in [2.75, 3.05) is 7.11 Å². The molecule has 0 fully saturated rings. The number of rotatable bonds is 1. The third-order valence-corrected chi connectivity index (χ3v) is 1.04. The maximum atomic E-state index is 10.5. The van der Waals surface area contributed by atoms with Crippen molar-refractivity contribution in [2.24, 2.45) is 0 Å². The minimum absolute atomic E-state index is 0.0883. The second kappa shape index (κ2) is 3.12. The lowest BCUT2D eigenvalue weighted by Crippen LogP contribution is -2.07. The summed E-state index contributed by atoms with van der Waals surface area (Å²) in [6, 6.07) is 0. The molecule has 0 saturated carbocycles. The lowest BCUT2D eigenvalue weighted by molar-refractivity contribution is 0.110. The number of carbonyl (C=O) groups excluding carboxylic acids is 1. The van der Waals surface area contributed by atoms with Gasteiger partial charge in [-0.25, -0.2) is 9.59 Å². The Kier molecular flexibility index (Phi) is 2.18. The van der Waals surface area contributed by atoms with Gasteiger partial charge in [-0.1, -0.05) is 0 Å². The van der Waals surface area contributed by atoms with E-state index in [-0.39, 0.29) is 11.7 Å². The minimum Gasteiger partial charge on any atom is -0.437 e. The van der Waals surface area contributed by atoms with Crippen LogP contribution in [0.4, 0.5) is 4.79 Å². The molecule has 0 aliphatic carbocycles. The second-order valence-corrected chi connectivity index (χ2v) is 1.85. The fourth-order valence-electron chi connectivity index (χ4n) is 0.545. The number of methoxy groups -OCH3 is 1. The summed E-state index contributed by atoms with van der Waals surface area (Å²) in [6.45, 7) is 1.42. The fraction of sp³-hybridized carbons (Fsp3) is 0.333. The first kappa shape index (κ1) is 8.38. The van der Waals surface area contributed by atoms with E-state index >= 15 is 0 Å². The summed E-state index contributed by atoms with van der Waals surface area (Å²) in [5, 5.41) is 0. The Morgan fingerprint density at radius 3 is 2.50 bits per heavy atom. The van der Waals surface area contributed by atoms with Crippen molar-refractivity contribution < 1.29 is 23.1 Å². The Morgan fingerprint density at radius 2 is 2.08 bits per heavy atom. The van der Waals surface area contributed by atoms with Crippen LogP contribution in [0.15, 0.2) is 13.6 Å². The van der Waals surface area contributed by atoms with E-state index in [1.165, 1.54) is 6.92 Å². The monoisotopic (exact) mass is 174 g/mol. The molecule has 12 heavy (non-hydrogen) atoms. The zero-order valence-electron chi connectivity index (χ0n) is 6.45. The summed E-state index contributed by atoms with van der Waals surface area (Å²) in [6.07, 6.45) is -0.970. The van der Waals surface area contributed by atoms with E-state index in [0.717, 1.165) is 7.11 Å². The van der Waals surface area contributed by atoms with Gasteiger partial charge < -0.3 is 18.3 Å². The molecule has 1 rings (SSSR count). The van der Waals surface area contributed by atoms with Gasteiger partial charge in [-0.15, -0.1) is 0 Å². The summed E-state index contributed by atoms with van der Waals surface area (Å²) in [4.78, 5) is 20.9. The molecule has 0 unspecified atom stereocenters. The average molecular weight is 174 g/mol. The maximum absolute atomic E-state index is 10.5. The van der Waals surface area contributed by atoms with Crippen LogP contribution in [-0.2, 0) is 4.74 Å². The number of carbonyl (C=O) groups is 1. The molecular formula is C6H6O6. The van der Waals surface area contributed by atoms with Gasteiger partial charge in [-0.05, 0) is 0 Å². The van der Waals surface area contributed by atoms with Crippen LogP contribution < -0.4 is 10.6 Å². The first-order valence-corrected chi connectivity index (χ1v) is 3.00. The standard InChI is InChI=1S/C6H6O6/c1-3-4(11-5(7)9-2)12-6(8)10-3/h1-2H3. The van der Waals surface area contributed by atoms with E-state index in [0.29, 0.717) is 0 Å². The smallest absolute Gasteiger partial charge is 0.437 e. The predicted molar refractivity (Wildman–Crippen MR) is 35.0 cm³/mol. The van der Waals surface area contributed by atoms with E-state index < -0.39 is 12.0 Å². The molecule has 0 amide bonds. The van der Waals surface area contributed by atoms with Gasteiger partial charge in [0, 0.05) is 6.92 Å². The molecule has 0 bridgehead atoms. The highest BCUT2D eigenvalue weighted by Gasteiger charge is 2.13. The molecule has 0 N–H and O–H groups in total. The van der Waals surface area contributed by atoms with Crippen molar-refractivity contribution in [1.29, 1.82) is 0 Å². The Labute approximate surface area is 66.7 Å². The van der Waals surface area contributed by atoms with Gasteiger partial charge in [0.1, 0.15) is 0 Å². The fourth-order valence-corrected chi connectivity index (χ4v) is 0.545. The summed E-state index contributed by atoms with van der Waals surface area (Å²) in [5.41, 5.74) is 0. The average Bonchev–Trinajstić information content (AvgIpc) is 2.30. The van der Waals surface area contributed by atoms with Crippen molar-refractivity contribution in [2.45, 2.75) is 6.92 Å². The number of hydrogen-bond acceptors (Lipinski definition) is 6. The molecule has 0 aliphatic heterocycles. The van der Waals surface area contributed by atoms with E-state index in [2.05, 4.69) is 18.3 Å². The third-order valence-electron chi connectivity index (χ3n) is 1.04. The number of aryl methyl sites for hydroxylation is 1. The summed E-state index contributed by atoms with van der Waals surface area (Å²) in [7, 11) is 1.13. The molecule has 6 nitrogen and oxygen atoms in total.